The predicted molar refractivity (Wildman–Crippen MR) is 127 cm³/mol. The van der Waals surface area contributed by atoms with E-state index >= 15 is 0 Å². The lowest BCUT2D eigenvalue weighted by Gasteiger charge is -2.35. The number of pyridine rings is 1. The van der Waals surface area contributed by atoms with Crippen molar-refractivity contribution in [2.45, 2.75) is 45.6 Å². The van der Waals surface area contributed by atoms with Crippen molar-refractivity contribution >= 4 is 11.6 Å². The zero-order valence-electron chi connectivity index (χ0n) is 18.9. The number of aromatic nitrogens is 3. The quantitative estimate of drug-likeness (QED) is 0.582. The van der Waals surface area contributed by atoms with Crippen LogP contribution < -0.4 is 0 Å². The zero-order valence-corrected chi connectivity index (χ0v) is 18.9. The van der Waals surface area contributed by atoms with Crippen molar-refractivity contribution in [2.75, 3.05) is 20.1 Å². The third-order valence-electron chi connectivity index (χ3n) is 7.16. The number of aryl methyl sites for hydroxylation is 3. The van der Waals surface area contributed by atoms with Crippen molar-refractivity contribution < 1.29 is 0 Å². The number of rotatable bonds is 4. The molecule has 4 nitrogen and oxygen atoms in total. The standard InChI is InChI=1S/C27H32N4/c1-19-6-7-24-25(15-19)22(10-14-31-18-28-17-20(31)2)16-23-5-4-11-29-27(23)26(24)21-8-12-30(3)13-9-21/h4-7,11,15-18,21,26H,8-10,12-14H2,1-3H3. The lowest BCUT2D eigenvalue weighted by molar-refractivity contribution is 0.206. The number of hydrogen-bond donors (Lipinski definition) is 0. The SMILES string of the molecule is Cc1ccc2c(c1)C(CCn1cncc1C)=Cc1cccnc1C2C1CCN(C)CC1. The van der Waals surface area contributed by atoms with Crippen LogP contribution in [0.5, 0.6) is 0 Å². The summed E-state index contributed by atoms with van der Waals surface area (Å²) in [6.45, 7) is 7.62. The van der Waals surface area contributed by atoms with Crippen LogP contribution in [0.1, 0.15) is 58.8 Å². The van der Waals surface area contributed by atoms with Gasteiger partial charge in [-0.05, 0) is 93.6 Å². The molecule has 0 bridgehead atoms. The number of hydrogen-bond acceptors (Lipinski definition) is 3. The van der Waals surface area contributed by atoms with E-state index in [1.807, 2.05) is 18.7 Å². The Kier molecular flexibility index (Phi) is 5.49. The molecule has 3 heterocycles. The van der Waals surface area contributed by atoms with Gasteiger partial charge in [-0.25, -0.2) is 4.98 Å². The average Bonchev–Trinajstić information content (AvgIpc) is 3.13. The van der Waals surface area contributed by atoms with Crippen LogP contribution in [0.15, 0.2) is 49.1 Å². The number of nitrogens with zero attached hydrogens (tertiary/aromatic N) is 4. The van der Waals surface area contributed by atoms with Crippen molar-refractivity contribution in [1.29, 1.82) is 0 Å². The van der Waals surface area contributed by atoms with Gasteiger partial charge in [-0.3, -0.25) is 4.98 Å². The molecule has 1 aliphatic carbocycles. The van der Waals surface area contributed by atoms with E-state index in [2.05, 4.69) is 71.8 Å². The molecule has 2 aliphatic rings. The smallest absolute Gasteiger partial charge is 0.0948 e. The molecule has 1 aromatic carbocycles. The molecule has 31 heavy (non-hydrogen) atoms. The molecule has 0 saturated carbocycles. The topological polar surface area (TPSA) is 34.0 Å². The highest BCUT2D eigenvalue weighted by atomic mass is 15.1. The molecule has 4 heteroatoms. The molecule has 0 spiro atoms. The highest BCUT2D eigenvalue weighted by Crippen LogP contribution is 2.45. The second-order valence-corrected chi connectivity index (χ2v) is 9.33. The van der Waals surface area contributed by atoms with Crippen LogP contribution in [0.3, 0.4) is 0 Å². The van der Waals surface area contributed by atoms with E-state index in [1.54, 1.807) is 0 Å². The van der Waals surface area contributed by atoms with Crippen molar-refractivity contribution in [3.05, 3.63) is 82.7 Å². The van der Waals surface area contributed by atoms with E-state index in [-0.39, 0.29) is 0 Å². The van der Waals surface area contributed by atoms with E-state index in [4.69, 9.17) is 4.98 Å². The Balaban J connectivity index is 1.60. The molecule has 1 saturated heterocycles. The average molecular weight is 413 g/mol. The minimum Gasteiger partial charge on any atom is -0.335 e. The van der Waals surface area contributed by atoms with Gasteiger partial charge in [-0.2, -0.15) is 0 Å². The molecule has 1 fully saturated rings. The molecule has 2 aromatic heterocycles. The van der Waals surface area contributed by atoms with Crippen LogP contribution in [0.25, 0.3) is 11.6 Å². The van der Waals surface area contributed by atoms with Gasteiger partial charge in [0, 0.05) is 30.6 Å². The second kappa shape index (κ2) is 8.43. The van der Waals surface area contributed by atoms with E-state index in [0.717, 1.165) is 13.0 Å². The summed E-state index contributed by atoms with van der Waals surface area (Å²) in [5.74, 6) is 0.999. The Morgan fingerprint density at radius 1 is 1.10 bits per heavy atom. The van der Waals surface area contributed by atoms with Gasteiger partial charge in [0.25, 0.3) is 0 Å². The molecule has 5 rings (SSSR count). The number of fused-ring (bicyclic) bond motifs is 2. The van der Waals surface area contributed by atoms with Crippen LogP contribution in [0.2, 0.25) is 0 Å². The Morgan fingerprint density at radius 2 is 1.94 bits per heavy atom. The monoisotopic (exact) mass is 412 g/mol. The maximum atomic E-state index is 4.96. The molecule has 1 atom stereocenters. The first-order chi connectivity index (χ1) is 15.1. The van der Waals surface area contributed by atoms with Gasteiger partial charge in [0.1, 0.15) is 0 Å². The number of allylic oxidation sites excluding steroid dienone is 1. The fraction of sp³-hybridized carbons (Fsp3) is 0.407. The maximum Gasteiger partial charge on any atom is 0.0948 e. The minimum atomic E-state index is 0.365. The second-order valence-electron chi connectivity index (χ2n) is 9.33. The van der Waals surface area contributed by atoms with Gasteiger partial charge in [-0.1, -0.05) is 29.8 Å². The third kappa shape index (κ3) is 3.97. The van der Waals surface area contributed by atoms with Crippen LogP contribution in [0, 0.1) is 19.8 Å². The number of piperidine rings is 1. The molecule has 1 unspecified atom stereocenters. The summed E-state index contributed by atoms with van der Waals surface area (Å²) in [5, 5.41) is 0. The minimum absolute atomic E-state index is 0.365. The van der Waals surface area contributed by atoms with E-state index in [0.29, 0.717) is 11.8 Å². The lowest BCUT2D eigenvalue weighted by atomic mass is 9.75. The summed E-state index contributed by atoms with van der Waals surface area (Å²) < 4.78 is 2.25. The predicted octanol–water partition coefficient (Wildman–Crippen LogP) is 5.31. The van der Waals surface area contributed by atoms with E-state index in [9.17, 15) is 0 Å². The first-order valence-electron chi connectivity index (χ1n) is 11.5. The summed E-state index contributed by atoms with van der Waals surface area (Å²) in [6.07, 6.45) is 11.7. The van der Waals surface area contributed by atoms with Gasteiger partial charge in [0.15, 0.2) is 0 Å². The Bertz CT molecular complexity index is 1100. The Morgan fingerprint density at radius 3 is 2.71 bits per heavy atom. The Hall–Kier alpha value is -2.72. The number of likely N-dealkylation sites (tertiary alicyclic amines) is 1. The Labute approximate surface area is 185 Å². The number of imidazole rings is 1. The molecule has 160 valence electrons. The van der Waals surface area contributed by atoms with Crippen LogP contribution in [-0.4, -0.2) is 39.6 Å². The van der Waals surface area contributed by atoms with Crippen molar-refractivity contribution in [2.24, 2.45) is 5.92 Å². The van der Waals surface area contributed by atoms with Gasteiger partial charge in [0.2, 0.25) is 0 Å². The fourth-order valence-corrected chi connectivity index (χ4v) is 5.35. The molecule has 1 aliphatic heterocycles. The van der Waals surface area contributed by atoms with Crippen LogP contribution in [0.4, 0.5) is 0 Å². The highest BCUT2D eigenvalue weighted by molar-refractivity contribution is 5.86. The summed E-state index contributed by atoms with van der Waals surface area (Å²) in [6, 6.07) is 11.4. The van der Waals surface area contributed by atoms with E-state index in [1.165, 1.54) is 65.1 Å². The third-order valence-corrected chi connectivity index (χ3v) is 7.16. The van der Waals surface area contributed by atoms with Gasteiger partial charge in [-0.15, -0.1) is 0 Å². The molecule has 0 radical (unpaired) electrons. The zero-order chi connectivity index (χ0) is 21.4. The van der Waals surface area contributed by atoms with Crippen molar-refractivity contribution in [3.8, 4) is 0 Å². The largest absolute Gasteiger partial charge is 0.335 e. The van der Waals surface area contributed by atoms with Gasteiger partial charge < -0.3 is 9.47 Å². The van der Waals surface area contributed by atoms with Crippen LogP contribution in [-0.2, 0) is 6.54 Å². The first-order valence-corrected chi connectivity index (χ1v) is 11.5. The molecular weight excluding hydrogens is 380 g/mol. The summed E-state index contributed by atoms with van der Waals surface area (Å²) in [7, 11) is 2.24. The maximum absolute atomic E-state index is 4.96. The van der Waals surface area contributed by atoms with Crippen molar-refractivity contribution in [3.63, 3.8) is 0 Å². The summed E-state index contributed by atoms with van der Waals surface area (Å²) in [5.41, 5.74) is 9.38. The lowest BCUT2D eigenvalue weighted by Crippen LogP contribution is -2.33. The van der Waals surface area contributed by atoms with Gasteiger partial charge >= 0.3 is 0 Å². The highest BCUT2D eigenvalue weighted by Gasteiger charge is 2.33. The molecule has 0 amide bonds. The first kappa shape index (κ1) is 20.2. The van der Waals surface area contributed by atoms with Crippen molar-refractivity contribution in [1.82, 2.24) is 19.4 Å². The summed E-state index contributed by atoms with van der Waals surface area (Å²) in [4.78, 5) is 11.7. The molecule has 3 aromatic rings. The van der Waals surface area contributed by atoms with E-state index < -0.39 is 0 Å². The summed E-state index contributed by atoms with van der Waals surface area (Å²) >= 11 is 0. The molecule has 0 N–H and O–H groups in total. The van der Waals surface area contributed by atoms with Gasteiger partial charge in [0.05, 0.1) is 12.0 Å². The number of benzene rings is 1. The normalized spacial score (nSPS) is 19.5. The molecular formula is C27H32N4. The fourth-order valence-electron chi connectivity index (χ4n) is 5.35. The van der Waals surface area contributed by atoms with Crippen LogP contribution >= 0.6 is 0 Å².